The second kappa shape index (κ2) is 5.08. The minimum absolute atomic E-state index is 0.101. The molecule has 0 spiro atoms. The van der Waals surface area contributed by atoms with Gasteiger partial charge in [-0.2, -0.15) is 0 Å². The molecule has 1 unspecified atom stereocenters. The monoisotopic (exact) mass is 249 g/mol. The van der Waals surface area contributed by atoms with E-state index in [1.807, 2.05) is 18.5 Å². The molecule has 1 aliphatic rings. The van der Waals surface area contributed by atoms with Crippen molar-refractivity contribution in [3.63, 3.8) is 0 Å². The largest absolute Gasteiger partial charge is 0.333 e. The Morgan fingerprint density at radius 2 is 2.35 bits per heavy atom. The SMILES string of the molecule is CCC1(C)CCSC(Nc2cnccc2C)=N1. The quantitative estimate of drug-likeness (QED) is 0.872. The van der Waals surface area contributed by atoms with E-state index < -0.39 is 0 Å². The third-order valence-electron chi connectivity index (χ3n) is 3.29. The first-order valence-electron chi connectivity index (χ1n) is 6.03. The summed E-state index contributed by atoms with van der Waals surface area (Å²) >= 11 is 1.80. The molecule has 2 rings (SSSR count). The first kappa shape index (κ1) is 12.4. The first-order chi connectivity index (χ1) is 8.13. The molecule has 1 aromatic heterocycles. The van der Waals surface area contributed by atoms with Crippen molar-refractivity contribution in [3.05, 3.63) is 24.0 Å². The van der Waals surface area contributed by atoms with Crippen LogP contribution in [-0.4, -0.2) is 21.4 Å². The number of thioether (sulfide) groups is 1. The van der Waals surface area contributed by atoms with Gasteiger partial charge in [0.25, 0.3) is 0 Å². The number of hydrogen-bond acceptors (Lipinski definition) is 4. The Kier molecular flexibility index (Phi) is 3.72. The van der Waals surface area contributed by atoms with E-state index >= 15 is 0 Å². The molecule has 17 heavy (non-hydrogen) atoms. The Hall–Kier alpha value is -1.03. The highest BCUT2D eigenvalue weighted by Gasteiger charge is 2.26. The van der Waals surface area contributed by atoms with E-state index in [0.29, 0.717) is 0 Å². The fourth-order valence-electron chi connectivity index (χ4n) is 1.73. The van der Waals surface area contributed by atoms with Gasteiger partial charge in [0.15, 0.2) is 5.17 Å². The summed E-state index contributed by atoms with van der Waals surface area (Å²) in [5, 5.41) is 4.41. The van der Waals surface area contributed by atoms with Crippen molar-refractivity contribution in [2.75, 3.05) is 11.1 Å². The summed E-state index contributed by atoms with van der Waals surface area (Å²) in [4.78, 5) is 8.95. The molecule has 0 saturated carbocycles. The summed E-state index contributed by atoms with van der Waals surface area (Å²) in [6.45, 7) is 6.51. The van der Waals surface area contributed by atoms with Crippen molar-refractivity contribution in [3.8, 4) is 0 Å². The second-order valence-electron chi connectivity index (χ2n) is 4.68. The first-order valence-corrected chi connectivity index (χ1v) is 7.02. The molecular weight excluding hydrogens is 230 g/mol. The van der Waals surface area contributed by atoms with Crippen molar-refractivity contribution < 1.29 is 0 Å². The minimum Gasteiger partial charge on any atom is -0.333 e. The van der Waals surface area contributed by atoms with Crippen LogP contribution in [-0.2, 0) is 0 Å². The average Bonchev–Trinajstić information content (AvgIpc) is 2.32. The number of nitrogens with one attached hydrogen (secondary N) is 1. The standard InChI is InChI=1S/C13H19N3S/c1-4-13(3)6-8-17-12(16-13)15-11-9-14-7-5-10(11)2/h5,7,9H,4,6,8H2,1-3H3,(H,15,16). The van der Waals surface area contributed by atoms with Crippen LogP contribution in [0.25, 0.3) is 0 Å². The van der Waals surface area contributed by atoms with E-state index in [4.69, 9.17) is 4.99 Å². The molecule has 0 saturated heterocycles. The smallest absolute Gasteiger partial charge is 0.161 e. The Balaban J connectivity index is 2.17. The summed E-state index contributed by atoms with van der Waals surface area (Å²) < 4.78 is 0. The number of rotatable bonds is 2. The van der Waals surface area contributed by atoms with E-state index in [-0.39, 0.29) is 5.54 Å². The van der Waals surface area contributed by atoms with Crippen LogP contribution in [0, 0.1) is 6.92 Å². The van der Waals surface area contributed by atoms with Crippen LogP contribution in [0.3, 0.4) is 0 Å². The molecule has 0 bridgehead atoms. The van der Waals surface area contributed by atoms with E-state index in [2.05, 4.69) is 31.1 Å². The molecule has 1 atom stereocenters. The van der Waals surface area contributed by atoms with E-state index in [1.165, 1.54) is 5.56 Å². The third kappa shape index (κ3) is 3.00. The van der Waals surface area contributed by atoms with Gasteiger partial charge in [-0.1, -0.05) is 18.7 Å². The zero-order valence-corrected chi connectivity index (χ0v) is 11.5. The van der Waals surface area contributed by atoms with Gasteiger partial charge < -0.3 is 5.32 Å². The number of aryl methyl sites for hydroxylation is 1. The average molecular weight is 249 g/mol. The Morgan fingerprint density at radius 3 is 3.06 bits per heavy atom. The van der Waals surface area contributed by atoms with Gasteiger partial charge in [0, 0.05) is 11.9 Å². The number of aromatic nitrogens is 1. The minimum atomic E-state index is 0.101. The Labute approximate surface area is 107 Å². The van der Waals surface area contributed by atoms with Gasteiger partial charge in [-0.3, -0.25) is 9.98 Å². The molecule has 1 aromatic rings. The van der Waals surface area contributed by atoms with Crippen LogP contribution >= 0.6 is 11.8 Å². The second-order valence-corrected chi connectivity index (χ2v) is 5.77. The molecule has 4 heteroatoms. The summed E-state index contributed by atoms with van der Waals surface area (Å²) in [5.41, 5.74) is 2.36. The van der Waals surface area contributed by atoms with Gasteiger partial charge in [0.05, 0.1) is 17.4 Å². The maximum absolute atomic E-state index is 4.81. The van der Waals surface area contributed by atoms with Crippen molar-refractivity contribution in [2.24, 2.45) is 4.99 Å². The fourth-order valence-corrected chi connectivity index (χ4v) is 2.93. The molecule has 0 aliphatic carbocycles. The van der Waals surface area contributed by atoms with E-state index in [9.17, 15) is 0 Å². The highest BCUT2D eigenvalue weighted by Crippen LogP contribution is 2.30. The maximum Gasteiger partial charge on any atom is 0.161 e. The number of aliphatic imine (C=N–C) groups is 1. The number of amidine groups is 1. The number of hydrogen-bond donors (Lipinski definition) is 1. The topological polar surface area (TPSA) is 37.3 Å². The van der Waals surface area contributed by atoms with E-state index in [0.717, 1.165) is 29.4 Å². The molecule has 92 valence electrons. The molecule has 0 fully saturated rings. The maximum atomic E-state index is 4.81. The molecule has 0 amide bonds. The van der Waals surface area contributed by atoms with Crippen molar-refractivity contribution >= 4 is 22.6 Å². The zero-order valence-electron chi connectivity index (χ0n) is 10.7. The van der Waals surface area contributed by atoms with Gasteiger partial charge >= 0.3 is 0 Å². The van der Waals surface area contributed by atoms with Crippen molar-refractivity contribution in [1.29, 1.82) is 0 Å². The zero-order chi connectivity index (χ0) is 12.3. The summed E-state index contributed by atoms with van der Waals surface area (Å²) in [6, 6.07) is 2.01. The van der Waals surface area contributed by atoms with Crippen LogP contribution in [0.4, 0.5) is 5.69 Å². The van der Waals surface area contributed by atoms with Gasteiger partial charge in [-0.25, -0.2) is 0 Å². The van der Waals surface area contributed by atoms with Gasteiger partial charge in [-0.05, 0) is 38.3 Å². The predicted octanol–water partition coefficient (Wildman–Crippen LogP) is 3.46. The van der Waals surface area contributed by atoms with Gasteiger partial charge in [0.1, 0.15) is 0 Å². The highest BCUT2D eigenvalue weighted by molar-refractivity contribution is 8.14. The molecule has 1 N–H and O–H groups in total. The van der Waals surface area contributed by atoms with Crippen LogP contribution in [0.1, 0.15) is 32.3 Å². The van der Waals surface area contributed by atoms with E-state index in [1.54, 1.807) is 11.8 Å². The lowest BCUT2D eigenvalue weighted by atomic mass is 9.97. The summed E-state index contributed by atoms with van der Waals surface area (Å²) in [6.07, 6.45) is 5.92. The molecule has 1 aliphatic heterocycles. The predicted molar refractivity (Wildman–Crippen MR) is 75.8 cm³/mol. The number of nitrogens with zero attached hydrogens (tertiary/aromatic N) is 2. The van der Waals surface area contributed by atoms with Crippen molar-refractivity contribution in [2.45, 2.75) is 39.2 Å². The van der Waals surface area contributed by atoms with Crippen molar-refractivity contribution in [1.82, 2.24) is 4.98 Å². The normalized spacial score (nSPS) is 24.3. The third-order valence-corrected chi connectivity index (χ3v) is 4.17. The molecule has 3 nitrogen and oxygen atoms in total. The van der Waals surface area contributed by atoms with Crippen LogP contribution in [0.5, 0.6) is 0 Å². The summed E-state index contributed by atoms with van der Waals surface area (Å²) in [7, 11) is 0. The molecular formula is C13H19N3S. The summed E-state index contributed by atoms with van der Waals surface area (Å²) in [5.74, 6) is 1.13. The van der Waals surface area contributed by atoms with Crippen LogP contribution < -0.4 is 5.32 Å². The molecule has 0 radical (unpaired) electrons. The highest BCUT2D eigenvalue weighted by atomic mass is 32.2. The number of pyridine rings is 1. The lowest BCUT2D eigenvalue weighted by molar-refractivity contribution is 0.443. The fraction of sp³-hybridized carbons (Fsp3) is 0.538. The molecule has 0 aromatic carbocycles. The Bertz CT molecular complexity index is 430. The van der Waals surface area contributed by atoms with Crippen LogP contribution in [0.15, 0.2) is 23.5 Å². The van der Waals surface area contributed by atoms with Gasteiger partial charge in [0.2, 0.25) is 0 Å². The number of anilines is 1. The lowest BCUT2D eigenvalue weighted by Gasteiger charge is -2.29. The lowest BCUT2D eigenvalue weighted by Crippen LogP contribution is -2.29. The van der Waals surface area contributed by atoms with Gasteiger partial charge in [-0.15, -0.1) is 0 Å². The Morgan fingerprint density at radius 1 is 1.53 bits per heavy atom. The van der Waals surface area contributed by atoms with Crippen LogP contribution in [0.2, 0.25) is 0 Å². The molecule has 2 heterocycles.